The van der Waals surface area contributed by atoms with Gasteiger partial charge < -0.3 is 9.15 Å². The molecule has 0 N–H and O–H groups in total. The number of benzene rings is 1. The average molecular weight is 321 g/mol. The minimum Gasteiger partial charge on any atom is -0.496 e. The highest BCUT2D eigenvalue weighted by atomic mass is 16.5. The number of hydrogen-bond acceptors (Lipinski definition) is 6. The highest BCUT2D eigenvalue weighted by molar-refractivity contribution is 5.72. The van der Waals surface area contributed by atoms with E-state index in [4.69, 9.17) is 9.15 Å². The molecule has 0 amide bonds. The smallest absolute Gasteiger partial charge is 0.253 e. The normalized spacial score (nSPS) is 11.1. The van der Waals surface area contributed by atoms with E-state index in [0.29, 0.717) is 28.7 Å². The van der Waals surface area contributed by atoms with Gasteiger partial charge in [-0.2, -0.15) is 5.10 Å². The summed E-state index contributed by atoms with van der Waals surface area (Å²) in [6.07, 6.45) is 1.69. The zero-order valence-corrected chi connectivity index (χ0v) is 13.5. The number of aromatic nitrogens is 5. The van der Waals surface area contributed by atoms with E-state index in [2.05, 4.69) is 20.3 Å². The zero-order valence-electron chi connectivity index (χ0n) is 13.5. The molecule has 0 bridgehead atoms. The molecule has 7 nitrogen and oxygen atoms in total. The van der Waals surface area contributed by atoms with Crippen molar-refractivity contribution in [2.24, 2.45) is 0 Å². The second-order valence-corrected chi connectivity index (χ2v) is 5.45. The molecule has 4 aromatic rings. The summed E-state index contributed by atoms with van der Waals surface area (Å²) in [5, 5.41) is 12.6. The predicted octanol–water partition coefficient (Wildman–Crippen LogP) is 3.07. The van der Waals surface area contributed by atoms with Crippen LogP contribution in [0.15, 0.2) is 40.9 Å². The lowest BCUT2D eigenvalue weighted by Gasteiger charge is -2.03. The fraction of sp³-hybridized carbons (Fsp3) is 0.176. The van der Waals surface area contributed by atoms with E-state index < -0.39 is 0 Å². The molecular formula is C17H15N5O2. The van der Waals surface area contributed by atoms with E-state index in [1.165, 1.54) is 0 Å². The van der Waals surface area contributed by atoms with Crippen molar-refractivity contribution >= 4 is 5.65 Å². The number of methoxy groups -OCH3 is 1. The van der Waals surface area contributed by atoms with Gasteiger partial charge in [0.05, 0.1) is 18.9 Å². The van der Waals surface area contributed by atoms with Crippen LogP contribution in [-0.4, -0.2) is 31.9 Å². The standard InChI is InChI=1S/C17H15N5O2/c1-10-8-11(2)22-15(19-10)13(9-18-22)17-21-20-16(24-17)12-6-4-5-7-14(12)23-3/h4-9H,1-3H3. The molecule has 24 heavy (non-hydrogen) atoms. The Bertz CT molecular complexity index is 1030. The molecular weight excluding hydrogens is 306 g/mol. The van der Waals surface area contributed by atoms with Gasteiger partial charge in [-0.3, -0.25) is 0 Å². The van der Waals surface area contributed by atoms with E-state index in [1.807, 2.05) is 44.2 Å². The van der Waals surface area contributed by atoms with Gasteiger partial charge in [0.25, 0.3) is 11.8 Å². The monoisotopic (exact) mass is 321 g/mol. The SMILES string of the molecule is COc1ccccc1-c1nnc(-c2cnn3c(C)cc(C)nc23)o1. The molecule has 0 saturated carbocycles. The molecule has 0 aliphatic heterocycles. The Morgan fingerprint density at radius 2 is 1.79 bits per heavy atom. The van der Waals surface area contributed by atoms with E-state index in [9.17, 15) is 0 Å². The van der Waals surface area contributed by atoms with Crippen molar-refractivity contribution in [2.75, 3.05) is 7.11 Å². The van der Waals surface area contributed by atoms with Crippen LogP contribution in [0.2, 0.25) is 0 Å². The van der Waals surface area contributed by atoms with Gasteiger partial charge in [-0.15, -0.1) is 10.2 Å². The van der Waals surface area contributed by atoms with Crippen LogP contribution in [0.4, 0.5) is 0 Å². The minimum atomic E-state index is 0.378. The quantitative estimate of drug-likeness (QED) is 0.577. The van der Waals surface area contributed by atoms with Crippen molar-refractivity contribution in [1.29, 1.82) is 0 Å². The summed E-state index contributed by atoms with van der Waals surface area (Å²) in [6, 6.07) is 9.48. The Kier molecular flexibility index (Phi) is 3.26. The summed E-state index contributed by atoms with van der Waals surface area (Å²) < 4.78 is 13.0. The van der Waals surface area contributed by atoms with Crippen LogP contribution in [0.5, 0.6) is 5.75 Å². The number of hydrogen-bond donors (Lipinski definition) is 0. The predicted molar refractivity (Wildman–Crippen MR) is 87.7 cm³/mol. The first-order chi connectivity index (χ1) is 11.7. The summed E-state index contributed by atoms with van der Waals surface area (Å²) in [4.78, 5) is 4.54. The molecule has 1 aromatic carbocycles. The average Bonchev–Trinajstić information content (AvgIpc) is 3.21. The van der Waals surface area contributed by atoms with Crippen LogP contribution in [-0.2, 0) is 0 Å². The van der Waals surface area contributed by atoms with Gasteiger partial charge in [0.2, 0.25) is 0 Å². The number of ether oxygens (including phenoxy) is 1. The van der Waals surface area contributed by atoms with E-state index >= 15 is 0 Å². The Labute approximate surface area is 137 Å². The van der Waals surface area contributed by atoms with Gasteiger partial charge in [0, 0.05) is 11.4 Å². The van der Waals surface area contributed by atoms with E-state index in [1.54, 1.807) is 17.8 Å². The summed E-state index contributed by atoms with van der Waals surface area (Å²) in [5.41, 5.74) is 4.05. The van der Waals surface area contributed by atoms with Crippen LogP contribution in [0.3, 0.4) is 0 Å². The molecule has 0 aliphatic rings. The lowest BCUT2D eigenvalue weighted by molar-refractivity contribution is 0.414. The Balaban J connectivity index is 1.84. The molecule has 3 aromatic heterocycles. The number of nitrogens with zero attached hydrogens (tertiary/aromatic N) is 5. The third-order valence-electron chi connectivity index (χ3n) is 3.77. The molecule has 0 unspecified atom stereocenters. The molecule has 3 heterocycles. The lowest BCUT2D eigenvalue weighted by Crippen LogP contribution is -1.97. The molecule has 0 radical (unpaired) electrons. The lowest BCUT2D eigenvalue weighted by atomic mass is 10.2. The van der Waals surface area contributed by atoms with Gasteiger partial charge in [-0.05, 0) is 32.0 Å². The van der Waals surface area contributed by atoms with E-state index in [0.717, 1.165) is 17.0 Å². The molecule has 0 fully saturated rings. The van der Waals surface area contributed by atoms with Crippen molar-refractivity contribution < 1.29 is 9.15 Å². The van der Waals surface area contributed by atoms with Gasteiger partial charge in [0.1, 0.15) is 11.3 Å². The molecule has 0 spiro atoms. The van der Waals surface area contributed by atoms with Crippen molar-refractivity contribution in [3.63, 3.8) is 0 Å². The maximum Gasteiger partial charge on any atom is 0.253 e. The summed E-state index contributed by atoms with van der Waals surface area (Å²) in [6.45, 7) is 3.92. The van der Waals surface area contributed by atoms with Crippen LogP contribution in [0.1, 0.15) is 11.4 Å². The van der Waals surface area contributed by atoms with Crippen molar-refractivity contribution in [1.82, 2.24) is 24.8 Å². The van der Waals surface area contributed by atoms with Crippen LogP contribution >= 0.6 is 0 Å². The molecule has 120 valence electrons. The number of fused-ring (bicyclic) bond motifs is 1. The Hall–Kier alpha value is -3.22. The number of rotatable bonds is 3. The minimum absolute atomic E-state index is 0.378. The molecule has 4 rings (SSSR count). The first-order valence-corrected chi connectivity index (χ1v) is 7.46. The fourth-order valence-electron chi connectivity index (χ4n) is 2.68. The second-order valence-electron chi connectivity index (χ2n) is 5.45. The highest BCUT2D eigenvalue weighted by Gasteiger charge is 2.18. The molecule has 0 saturated heterocycles. The second kappa shape index (κ2) is 5.45. The van der Waals surface area contributed by atoms with Crippen LogP contribution in [0.25, 0.3) is 28.6 Å². The maximum atomic E-state index is 5.85. The topological polar surface area (TPSA) is 78.3 Å². The van der Waals surface area contributed by atoms with Gasteiger partial charge in [-0.25, -0.2) is 9.50 Å². The number of aryl methyl sites for hydroxylation is 2. The maximum absolute atomic E-state index is 5.85. The van der Waals surface area contributed by atoms with E-state index in [-0.39, 0.29) is 0 Å². The first kappa shape index (κ1) is 14.4. The van der Waals surface area contributed by atoms with Crippen LogP contribution in [0, 0.1) is 13.8 Å². The summed E-state index contributed by atoms with van der Waals surface area (Å²) in [5.74, 6) is 1.45. The molecule has 0 aliphatic carbocycles. The van der Waals surface area contributed by atoms with Crippen molar-refractivity contribution in [3.05, 3.63) is 47.9 Å². The molecule has 0 atom stereocenters. The summed E-state index contributed by atoms with van der Waals surface area (Å²) >= 11 is 0. The fourth-order valence-corrected chi connectivity index (χ4v) is 2.68. The highest BCUT2D eigenvalue weighted by Crippen LogP contribution is 2.31. The van der Waals surface area contributed by atoms with Gasteiger partial charge >= 0.3 is 0 Å². The largest absolute Gasteiger partial charge is 0.496 e. The number of para-hydroxylation sites is 1. The summed E-state index contributed by atoms with van der Waals surface area (Å²) in [7, 11) is 1.61. The third-order valence-corrected chi connectivity index (χ3v) is 3.77. The first-order valence-electron chi connectivity index (χ1n) is 7.46. The van der Waals surface area contributed by atoms with Crippen LogP contribution < -0.4 is 4.74 Å². The van der Waals surface area contributed by atoms with Gasteiger partial charge in [0.15, 0.2) is 5.65 Å². The Morgan fingerprint density at radius 1 is 1.04 bits per heavy atom. The van der Waals surface area contributed by atoms with Crippen molar-refractivity contribution in [3.8, 4) is 28.7 Å². The van der Waals surface area contributed by atoms with Crippen molar-refractivity contribution in [2.45, 2.75) is 13.8 Å². The third kappa shape index (κ3) is 2.21. The van der Waals surface area contributed by atoms with Gasteiger partial charge in [-0.1, -0.05) is 12.1 Å². The molecule has 7 heteroatoms. The Morgan fingerprint density at radius 3 is 2.58 bits per heavy atom. The zero-order chi connectivity index (χ0) is 16.7.